The maximum absolute atomic E-state index is 12.7. The zero-order valence-corrected chi connectivity index (χ0v) is 14.3. The minimum atomic E-state index is -0.322. The van der Waals surface area contributed by atoms with Gasteiger partial charge < -0.3 is 15.0 Å². The summed E-state index contributed by atoms with van der Waals surface area (Å²) in [7, 11) is 0. The molecule has 0 atom stereocenters. The molecular weight excluding hydrogens is 348 g/mol. The number of nitrogens with one attached hydrogen (secondary N) is 1. The Morgan fingerprint density at radius 2 is 2.19 bits per heavy atom. The minimum Gasteiger partial charge on any atom is -0.448 e. The number of carbonyl (C=O) groups is 2. The maximum atomic E-state index is 12.7. The zero-order valence-electron chi connectivity index (χ0n) is 14.3. The van der Waals surface area contributed by atoms with Crippen LogP contribution in [0.2, 0.25) is 0 Å². The molecule has 4 rings (SSSR count). The van der Waals surface area contributed by atoms with Crippen LogP contribution >= 0.6 is 0 Å². The van der Waals surface area contributed by atoms with Gasteiger partial charge in [-0.15, -0.1) is 0 Å². The van der Waals surface area contributed by atoms with Crippen LogP contribution < -0.4 is 5.32 Å². The summed E-state index contributed by atoms with van der Waals surface area (Å²) >= 11 is 0. The van der Waals surface area contributed by atoms with E-state index in [-0.39, 0.29) is 12.0 Å². The SMILES string of the molecule is O=C(Nc1cccc(CN2CCOC2=O)c1)c1cccnc1-n1cncn1. The summed E-state index contributed by atoms with van der Waals surface area (Å²) in [6.07, 6.45) is 4.12. The first-order valence-electron chi connectivity index (χ1n) is 8.33. The lowest BCUT2D eigenvalue weighted by atomic mass is 10.1. The van der Waals surface area contributed by atoms with Gasteiger partial charge in [0.1, 0.15) is 19.3 Å². The second kappa shape index (κ2) is 7.24. The minimum absolute atomic E-state index is 0.314. The molecule has 0 bridgehead atoms. The van der Waals surface area contributed by atoms with Crippen LogP contribution in [-0.4, -0.2) is 49.8 Å². The van der Waals surface area contributed by atoms with Gasteiger partial charge in [-0.25, -0.2) is 19.4 Å². The van der Waals surface area contributed by atoms with Crippen LogP contribution in [0.1, 0.15) is 15.9 Å². The highest BCUT2D eigenvalue weighted by Gasteiger charge is 2.22. The van der Waals surface area contributed by atoms with E-state index >= 15 is 0 Å². The first-order chi connectivity index (χ1) is 13.2. The molecule has 1 saturated heterocycles. The smallest absolute Gasteiger partial charge is 0.410 e. The van der Waals surface area contributed by atoms with E-state index in [1.54, 1.807) is 29.3 Å². The molecule has 0 spiro atoms. The normalized spacial score (nSPS) is 13.5. The summed E-state index contributed by atoms with van der Waals surface area (Å²) in [5.41, 5.74) is 1.89. The fourth-order valence-corrected chi connectivity index (χ4v) is 2.81. The molecule has 2 amide bonds. The van der Waals surface area contributed by atoms with Gasteiger partial charge >= 0.3 is 6.09 Å². The number of pyridine rings is 1. The molecule has 1 aliphatic rings. The predicted octanol–water partition coefficient (Wildman–Crippen LogP) is 1.87. The van der Waals surface area contributed by atoms with Gasteiger partial charge in [-0.05, 0) is 29.8 Å². The van der Waals surface area contributed by atoms with Crippen LogP contribution in [0.25, 0.3) is 5.82 Å². The summed E-state index contributed by atoms with van der Waals surface area (Å²) in [6.45, 7) is 1.40. The molecule has 0 saturated carbocycles. The standard InChI is InChI=1S/C18H16N6O3/c25-17(15-5-2-6-20-16(15)24-12-19-11-21-24)22-14-4-1-3-13(9-14)10-23-7-8-27-18(23)26/h1-6,9,11-12H,7-8,10H2,(H,22,25). The van der Waals surface area contributed by atoms with Crippen molar-refractivity contribution in [2.24, 2.45) is 0 Å². The number of cyclic esters (lactones) is 1. The summed E-state index contributed by atoms with van der Waals surface area (Å²) < 4.78 is 6.37. The lowest BCUT2D eigenvalue weighted by molar-refractivity contribution is 0.102. The number of hydrogen-bond acceptors (Lipinski definition) is 6. The van der Waals surface area contributed by atoms with Crippen LogP contribution in [0, 0.1) is 0 Å². The molecule has 1 aliphatic heterocycles. The van der Waals surface area contributed by atoms with Crippen molar-refractivity contribution in [2.45, 2.75) is 6.54 Å². The molecule has 3 aromatic rings. The van der Waals surface area contributed by atoms with Crippen molar-refractivity contribution in [3.8, 4) is 5.82 Å². The van der Waals surface area contributed by atoms with Gasteiger partial charge in [0.05, 0.1) is 12.1 Å². The summed E-state index contributed by atoms with van der Waals surface area (Å²) in [5.74, 6) is 0.0785. The van der Waals surface area contributed by atoms with E-state index in [1.165, 1.54) is 17.3 Å². The molecule has 1 aromatic carbocycles. The van der Waals surface area contributed by atoms with Gasteiger partial charge in [-0.3, -0.25) is 4.79 Å². The van der Waals surface area contributed by atoms with Crippen LogP contribution in [0.3, 0.4) is 0 Å². The zero-order chi connectivity index (χ0) is 18.6. The lowest BCUT2D eigenvalue weighted by Crippen LogP contribution is -2.23. The second-order valence-electron chi connectivity index (χ2n) is 5.91. The first kappa shape index (κ1) is 16.7. The molecule has 2 aromatic heterocycles. The molecule has 136 valence electrons. The monoisotopic (exact) mass is 364 g/mol. The van der Waals surface area contributed by atoms with Gasteiger partial charge in [0.25, 0.3) is 5.91 Å². The molecule has 1 fully saturated rings. The summed E-state index contributed by atoms with van der Waals surface area (Å²) in [5, 5.41) is 6.89. The highest BCUT2D eigenvalue weighted by atomic mass is 16.6. The number of anilines is 1. The average Bonchev–Trinajstić information content (AvgIpc) is 3.35. The Balaban J connectivity index is 1.52. The quantitative estimate of drug-likeness (QED) is 0.741. The van der Waals surface area contributed by atoms with Crippen molar-refractivity contribution in [1.29, 1.82) is 0 Å². The number of hydrogen-bond donors (Lipinski definition) is 1. The van der Waals surface area contributed by atoms with E-state index < -0.39 is 0 Å². The van der Waals surface area contributed by atoms with E-state index in [1.807, 2.05) is 18.2 Å². The molecule has 1 N–H and O–H groups in total. The number of ether oxygens (including phenoxy) is 1. The third-order valence-electron chi connectivity index (χ3n) is 4.07. The maximum Gasteiger partial charge on any atom is 0.410 e. The molecular formula is C18H16N6O3. The van der Waals surface area contributed by atoms with Gasteiger partial charge in [0.15, 0.2) is 5.82 Å². The third-order valence-corrected chi connectivity index (χ3v) is 4.07. The van der Waals surface area contributed by atoms with E-state index in [0.29, 0.717) is 36.8 Å². The van der Waals surface area contributed by atoms with Crippen molar-refractivity contribution in [3.63, 3.8) is 0 Å². The second-order valence-corrected chi connectivity index (χ2v) is 5.91. The van der Waals surface area contributed by atoms with Crippen LogP contribution in [0.15, 0.2) is 55.2 Å². The Hall–Kier alpha value is -3.75. The number of amides is 2. The summed E-state index contributed by atoms with van der Waals surface area (Å²) in [4.78, 5) is 34.1. The molecule has 0 aliphatic carbocycles. The van der Waals surface area contributed by atoms with Gasteiger partial charge in [-0.2, -0.15) is 5.10 Å². The Labute approximate surface area is 154 Å². The number of carbonyl (C=O) groups excluding carboxylic acids is 2. The molecule has 0 radical (unpaired) electrons. The topological polar surface area (TPSA) is 102 Å². The van der Waals surface area contributed by atoms with Gasteiger partial charge in [0, 0.05) is 18.4 Å². The molecule has 9 nitrogen and oxygen atoms in total. The van der Waals surface area contributed by atoms with Gasteiger partial charge in [-0.1, -0.05) is 12.1 Å². The van der Waals surface area contributed by atoms with Crippen LogP contribution in [-0.2, 0) is 11.3 Å². The van der Waals surface area contributed by atoms with Crippen molar-refractivity contribution < 1.29 is 14.3 Å². The number of benzene rings is 1. The first-order valence-corrected chi connectivity index (χ1v) is 8.33. The predicted molar refractivity (Wildman–Crippen MR) is 95.3 cm³/mol. The van der Waals surface area contributed by atoms with Crippen molar-refractivity contribution >= 4 is 17.7 Å². The number of rotatable bonds is 5. The van der Waals surface area contributed by atoms with Crippen molar-refractivity contribution in [3.05, 3.63) is 66.4 Å². The van der Waals surface area contributed by atoms with E-state index in [0.717, 1.165) is 5.56 Å². The Morgan fingerprint density at radius 3 is 2.96 bits per heavy atom. The van der Waals surface area contributed by atoms with Crippen LogP contribution in [0.4, 0.5) is 10.5 Å². The molecule has 27 heavy (non-hydrogen) atoms. The summed E-state index contributed by atoms with van der Waals surface area (Å²) in [6, 6.07) is 10.7. The van der Waals surface area contributed by atoms with Crippen molar-refractivity contribution in [1.82, 2.24) is 24.6 Å². The Morgan fingerprint density at radius 1 is 1.26 bits per heavy atom. The molecule has 0 unspecified atom stereocenters. The van der Waals surface area contributed by atoms with E-state index in [4.69, 9.17) is 4.74 Å². The highest BCUT2D eigenvalue weighted by Crippen LogP contribution is 2.17. The van der Waals surface area contributed by atoms with Crippen molar-refractivity contribution in [2.75, 3.05) is 18.5 Å². The third kappa shape index (κ3) is 3.61. The van der Waals surface area contributed by atoms with Crippen LogP contribution in [0.5, 0.6) is 0 Å². The molecule has 9 heteroatoms. The Kier molecular flexibility index (Phi) is 4.48. The molecule has 3 heterocycles. The Bertz CT molecular complexity index is 973. The lowest BCUT2D eigenvalue weighted by Gasteiger charge is -2.14. The number of nitrogens with zero attached hydrogens (tertiary/aromatic N) is 5. The highest BCUT2D eigenvalue weighted by molar-refractivity contribution is 6.06. The fourth-order valence-electron chi connectivity index (χ4n) is 2.81. The fraction of sp³-hybridized carbons (Fsp3) is 0.167. The average molecular weight is 364 g/mol. The largest absolute Gasteiger partial charge is 0.448 e. The van der Waals surface area contributed by atoms with Gasteiger partial charge in [0.2, 0.25) is 0 Å². The number of aromatic nitrogens is 4. The van der Waals surface area contributed by atoms with E-state index in [9.17, 15) is 9.59 Å². The van der Waals surface area contributed by atoms with E-state index in [2.05, 4.69) is 20.4 Å².